The van der Waals surface area contributed by atoms with E-state index in [1.54, 1.807) is 11.3 Å². The third-order valence-corrected chi connectivity index (χ3v) is 4.83. The Kier molecular flexibility index (Phi) is 6.56. The van der Waals surface area contributed by atoms with E-state index in [9.17, 15) is 4.79 Å². The van der Waals surface area contributed by atoms with E-state index in [1.807, 2.05) is 17.1 Å². The number of fused-ring (bicyclic) bond motifs is 1. The van der Waals surface area contributed by atoms with Crippen LogP contribution >= 0.6 is 23.7 Å². The average molecular weight is 356 g/mol. The molecule has 0 atom stereocenters. The van der Waals surface area contributed by atoms with E-state index in [4.69, 9.17) is 0 Å². The number of halogens is 1. The van der Waals surface area contributed by atoms with Crippen molar-refractivity contribution in [2.45, 2.75) is 45.8 Å². The van der Waals surface area contributed by atoms with Gasteiger partial charge in [0.05, 0.1) is 29.1 Å². The Morgan fingerprint density at radius 2 is 2.39 bits per heavy atom. The maximum absolute atomic E-state index is 11.9. The van der Waals surface area contributed by atoms with Gasteiger partial charge >= 0.3 is 0 Å². The lowest BCUT2D eigenvalue weighted by Crippen LogP contribution is -2.23. The largest absolute Gasteiger partial charge is 0.350 e. The van der Waals surface area contributed by atoms with E-state index in [0.717, 1.165) is 43.9 Å². The summed E-state index contributed by atoms with van der Waals surface area (Å²) >= 11 is 1.61. The van der Waals surface area contributed by atoms with Gasteiger partial charge in [-0.15, -0.1) is 23.7 Å². The van der Waals surface area contributed by atoms with Gasteiger partial charge in [-0.2, -0.15) is 5.10 Å². The number of hydrogen-bond acceptors (Lipinski definition) is 5. The molecule has 0 aromatic carbocycles. The minimum atomic E-state index is 0. The summed E-state index contributed by atoms with van der Waals surface area (Å²) in [5.74, 6) is 0.0640. The maximum Gasteiger partial charge on any atom is 0.220 e. The van der Waals surface area contributed by atoms with Gasteiger partial charge in [0.25, 0.3) is 0 Å². The predicted octanol–water partition coefficient (Wildman–Crippen LogP) is 1.81. The fraction of sp³-hybridized carbons (Fsp3) is 0.533. The molecule has 2 N–H and O–H groups in total. The zero-order valence-electron chi connectivity index (χ0n) is 13.2. The predicted molar refractivity (Wildman–Crippen MR) is 92.8 cm³/mol. The van der Waals surface area contributed by atoms with Gasteiger partial charge in [0.2, 0.25) is 5.91 Å². The Balaban J connectivity index is 0.00000192. The minimum absolute atomic E-state index is 0. The third-order valence-electron chi connectivity index (χ3n) is 3.83. The molecule has 0 aliphatic carbocycles. The second-order valence-corrected chi connectivity index (χ2v) is 6.46. The monoisotopic (exact) mass is 355 g/mol. The van der Waals surface area contributed by atoms with Gasteiger partial charge in [-0.05, 0) is 32.4 Å². The van der Waals surface area contributed by atoms with Gasteiger partial charge in [-0.3, -0.25) is 9.48 Å². The number of aryl methyl sites for hydroxylation is 3. The molecule has 0 radical (unpaired) electrons. The number of hydrogen-bond donors (Lipinski definition) is 2. The standard InChI is InChI=1S/C15H21N5OS.ClH/c1-11-14(22-10-18-11)3-4-15(21)17-8-12-7-13-9-16-5-2-6-20(13)19-12;/h7,10,16H,2-6,8-9H2,1H3,(H,17,21);1H. The summed E-state index contributed by atoms with van der Waals surface area (Å²) in [6, 6.07) is 2.08. The second-order valence-electron chi connectivity index (χ2n) is 5.52. The number of nitrogens with zero attached hydrogens (tertiary/aromatic N) is 3. The van der Waals surface area contributed by atoms with Crippen LogP contribution in [0.25, 0.3) is 0 Å². The van der Waals surface area contributed by atoms with E-state index in [0.29, 0.717) is 13.0 Å². The van der Waals surface area contributed by atoms with Gasteiger partial charge in [0, 0.05) is 24.4 Å². The lowest BCUT2D eigenvalue weighted by Gasteiger charge is -2.03. The third kappa shape index (κ3) is 4.76. The number of nitrogens with one attached hydrogen (secondary N) is 2. The van der Waals surface area contributed by atoms with Crippen LogP contribution in [0.1, 0.15) is 34.8 Å². The van der Waals surface area contributed by atoms with E-state index in [1.165, 1.54) is 10.6 Å². The van der Waals surface area contributed by atoms with Crippen molar-refractivity contribution in [3.8, 4) is 0 Å². The van der Waals surface area contributed by atoms with Gasteiger partial charge in [0.15, 0.2) is 0 Å². The molecule has 8 heteroatoms. The Bertz CT molecular complexity index is 631. The Morgan fingerprint density at radius 3 is 3.17 bits per heavy atom. The molecule has 2 aromatic rings. The van der Waals surface area contributed by atoms with E-state index in [-0.39, 0.29) is 18.3 Å². The van der Waals surface area contributed by atoms with E-state index in [2.05, 4.69) is 26.8 Å². The lowest BCUT2D eigenvalue weighted by atomic mass is 10.2. The molecular weight excluding hydrogens is 334 g/mol. The van der Waals surface area contributed by atoms with Crippen LogP contribution in [0.2, 0.25) is 0 Å². The first-order valence-corrected chi connectivity index (χ1v) is 8.52. The van der Waals surface area contributed by atoms with Crippen LogP contribution in [-0.2, 0) is 30.8 Å². The summed E-state index contributed by atoms with van der Waals surface area (Å²) in [7, 11) is 0. The number of aromatic nitrogens is 3. The summed E-state index contributed by atoms with van der Waals surface area (Å²) in [5.41, 5.74) is 4.99. The normalized spacial score (nSPS) is 13.8. The van der Waals surface area contributed by atoms with Crippen molar-refractivity contribution in [2.75, 3.05) is 6.54 Å². The lowest BCUT2D eigenvalue weighted by molar-refractivity contribution is -0.121. The first-order chi connectivity index (χ1) is 10.7. The zero-order chi connectivity index (χ0) is 15.4. The van der Waals surface area contributed by atoms with Gasteiger partial charge in [-0.25, -0.2) is 4.98 Å². The number of thiazole rings is 1. The first-order valence-electron chi connectivity index (χ1n) is 7.64. The molecule has 3 rings (SSSR count). The summed E-state index contributed by atoms with van der Waals surface area (Å²) in [5, 5.41) is 10.9. The molecule has 126 valence electrons. The first kappa shape index (κ1) is 17.9. The molecule has 1 amide bonds. The highest BCUT2D eigenvalue weighted by Crippen LogP contribution is 2.14. The van der Waals surface area contributed by atoms with Crippen LogP contribution in [0.4, 0.5) is 0 Å². The highest BCUT2D eigenvalue weighted by atomic mass is 35.5. The fourth-order valence-electron chi connectivity index (χ4n) is 2.58. The number of amides is 1. The molecule has 0 spiro atoms. The molecule has 0 saturated carbocycles. The molecule has 1 aliphatic heterocycles. The minimum Gasteiger partial charge on any atom is -0.350 e. The van der Waals surface area contributed by atoms with Gasteiger partial charge < -0.3 is 10.6 Å². The van der Waals surface area contributed by atoms with Gasteiger partial charge in [0.1, 0.15) is 0 Å². The van der Waals surface area contributed by atoms with Crippen LogP contribution in [0.15, 0.2) is 11.6 Å². The summed E-state index contributed by atoms with van der Waals surface area (Å²) in [6.45, 7) is 5.31. The SMILES string of the molecule is Cc1ncsc1CCC(=O)NCc1cc2n(n1)CCCNC2.Cl. The van der Waals surface area contributed by atoms with Crippen molar-refractivity contribution >= 4 is 29.7 Å². The Hall–Kier alpha value is -1.44. The highest BCUT2D eigenvalue weighted by Gasteiger charge is 2.11. The van der Waals surface area contributed by atoms with Crippen LogP contribution in [-0.4, -0.2) is 27.2 Å². The molecule has 0 fully saturated rings. The molecule has 3 heterocycles. The topological polar surface area (TPSA) is 71.8 Å². The van der Waals surface area contributed by atoms with Crippen LogP contribution in [0.5, 0.6) is 0 Å². The van der Waals surface area contributed by atoms with Crippen molar-refractivity contribution < 1.29 is 4.79 Å². The fourth-order valence-corrected chi connectivity index (χ4v) is 3.36. The molecule has 2 aromatic heterocycles. The highest BCUT2D eigenvalue weighted by molar-refractivity contribution is 7.09. The molecule has 0 unspecified atom stereocenters. The summed E-state index contributed by atoms with van der Waals surface area (Å²) in [6.07, 6.45) is 2.35. The van der Waals surface area contributed by atoms with Crippen molar-refractivity contribution in [1.82, 2.24) is 25.4 Å². The van der Waals surface area contributed by atoms with Crippen LogP contribution in [0, 0.1) is 6.92 Å². The second kappa shape index (κ2) is 8.42. The molecule has 6 nitrogen and oxygen atoms in total. The van der Waals surface area contributed by atoms with Crippen molar-refractivity contribution in [2.24, 2.45) is 0 Å². The van der Waals surface area contributed by atoms with E-state index < -0.39 is 0 Å². The Labute approximate surface area is 146 Å². The molecule has 0 bridgehead atoms. The Morgan fingerprint density at radius 1 is 1.52 bits per heavy atom. The van der Waals surface area contributed by atoms with Crippen molar-refractivity contribution in [3.63, 3.8) is 0 Å². The number of rotatable bonds is 5. The van der Waals surface area contributed by atoms with E-state index >= 15 is 0 Å². The quantitative estimate of drug-likeness (QED) is 0.858. The summed E-state index contributed by atoms with van der Waals surface area (Å²) in [4.78, 5) is 17.3. The molecule has 23 heavy (non-hydrogen) atoms. The smallest absolute Gasteiger partial charge is 0.220 e. The summed E-state index contributed by atoms with van der Waals surface area (Å²) < 4.78 is 2.04. The molecular formula is C15H22ClN5OS. The van der Waals surface area contributed by atoms with Crippen molar-refractivity contribution in [3.05, 3.63) is 33.5 Å². The van der Waals surface area contributed by atoms with Gasteiger partial charge in [-0.1, -0.05) is 0 Å². The number of carbonyl (C=O) groups is 1. The van der Waals surface area contributed by atoms with Crippen molar-refractivity contribution in [1.29, 1.82) is 0 Å². The zero-order valence-corrected chi connectivity index (χ0v) is 14.8. The average Bonchev–Trinajstić information content (AvgIpc) is 3.03. The molecule has 0 saturated heterocycles. The van der Waals surface area contributed by atoms with Crippen LogP contribution < -0.4 is 10.6 Å². The maximum atomic E-state index is 11.9. The number of carbonyl (C=O) groups excluding carboxylic acids is 1. The molecule has 1 aliphatic rings. The van der Waals surface area contributed by atoms with Crippen LogP contribution in [0.3, 0.4) is 0 Å².